The number of nitrogens with one attached hydrogen (secondary N) is 1. The number of imide groups is 1. The van der Waals surface area contributed by atoms with Gasteiger partial charge in [0.05, 0.1) is 18.3 Å². The van der Waals surface area contributed by atoms with Crippen molar-refractivity contribution in [2.75, 3.05) is 55.7 Å². The molecule has 4 fully saturated rings. The van der Waals surface area contributed by atoms with Crippen molar-refractivity contribution in [2.24, 2.45) is 11.3 Å². The average molecular weight is 570 g/mol. The lowest BCUT2D eigenvalue weighted by Crippen LogP contribution is -2.59. The zero-order valence-electron chi connectivity index (χ0n) is 24.1. The van der Waals surface area contributed by atoms with Crippen LogP contribution in [-0.4, -0.2) is 85.5 Å². The van der Waals surface area contributed by atoms with Crippen molar-refractivity contribution in [3.8, 4) is 5.75 Å². The van der Waals surface area contributed by atoms with E-state index in [4.69, 9.17) is 4.74 Å². The largest absolute Gasteiger partial charge is 0.489 e. The molecule has 2 atom stereocenters. The number of carbonyl (C=O) groups is 3. The molecule has 5 heterocycles. The number of piperidine rings is 2. The van der Waals surface area contributed by atoms with Crippen molar-refractivity contribution >= 4 is 29.1 Å². The molecule has 5 aliphatic heterocycles. The molecule has 220 valence electrons. The first-order chi connectivity index (χ1) is 20.5. The summed E-state index contributed by atoms with van der Waals surface area (Å²) in [4.78, 5) is 46.6. The first kappa shape index (κ1) is 26.1. The summed E-state index contributed by atoms with van der Waals surface area (Å²) in [5.41, 5.74) is 4.48. The van der Waals surface area contributed by atoms with Gasteiger partial charge in [-0.1, -0.05) is 18.2 Å². The second-order valence-electron chi connectivity index (χ2n) is 13.4. The summed E-state index contributed by atoms with van der Waals surface area (Å²) in [5, 5.41) is 2.39. The van der Waals surface area contributed by atoms with Gasteiger partial charge in [-0.05, 0) is 67.7 Å². The van der Waals surface area contributed by atoms with Crippen LogP contribution in [0.2, 0.25) is 0 Å². The van der Waals surface area contributed by atoms with Gasteiger partial charge in [-0.2, -0.15) is 0 Å². The number of benzene rings is 2. The molecule has 1 N–H and O–H groups in total. The smallest absolute Gasteiger partial charge is 0.255 e. The highest BCUT2D eigenvalue weighted by molar-refractivity contribution is 6.06. The van der Waals surface area contributed by atoms with Crippen LogP contribution in [0.3, 0.4) is 0 Å². The van der Waals surface area contributed by atoms with Gasteiger partial charge >= 0.3 is 0 Å². The minimum absolute atomic E-state index is 0.151. The number of para-hydroxylation sites is 1. The lowest BCUT2D eigenvalue weighted by atomic mass is 9.57. The van der Waals surface area contributed by atoms with Crippen LogP contribution in [0.15, 0.2) is 42.5 Å². The third-order valence-electron chi connectivity index (χ3n) is 10.8. The van der Waals surface area contributed by atoms with Crippen molar-refractivity contribution in [3.63, 3.8) is 0 Å². The van der Waals surface area contributed by atoms with Gasteiger partial charge in [-0.3, -0.25) is 24.6 Å². The number of ether oxygens (including phenoxy) is 1. The molecule has 2 aromatic carbocycles. The number of piperazine rings is 1. The minimum atomic E-state index is -0.611. The molecule has 9 heteroatoms. The molecule has 1 unspecified atom stereocenters. The van der Waals surface area contributed by atoms with E-state index in [0.717, 1.165) is 42.6 Å². The Bertz CT molecular complexity index is 1410. The maximum absolute atomic E-state index is 13.2. The number of amides is 3. The number of rotatable bonds is 4. The van der Waals surface area contributed by atoms with Crippen LogP contribution in [0.4, 0.5) is 11.4 Å². The van der Waals surface area contributed by atoms with E-state index in [1.807, 2.05) is 12.1 Å². The highest BCUT2D eigenvalue weighted by Gasteiger charge is 2.47. The Morgan fingerprint density at radius 3 is 2.52 bits per heavy atom. The van der Waals surface area contributed by atoms with Crippen molar-refractivity contribution in [3.05, 3.63) is 53.6 Å². The monoisotopic (exact) mass is 569 g/mol. The third kappa shape index (κ3) is 4.35. The Morgan fingerprint density at radius 1 is 0.929 bits per heavy atom. The lowest BCUT2D eigenvalue weighted by Gasteiger charge is -2.54. The summed E-state index contributed by atoms with van der Waals surface area (Å²) in [5.74, 6) is 0.787. The summed E-state index contributed by atoms with van der Waals surface area (Å²) in [6, 6.07) is 14.5. The second kappa shape index (κ2) is 10.0. The molecule has 9 nitrogen and oxygen atoms in total. The minimum Gasteiger partial charge on any atom is -0.489 e. The van der Waals surface area contributed by atoms with Gasteiger partial charge in [-0.15, -0.1) is 0 Å². The predicted octanol–water partition coefficient (Wildman–Crippen LogP) is 3.03. The molecule has 3 amide bonds. The summed E-state index contributed by atoms with van der Waals surface area (Å²) in [6.07, 6.45) is 5.98. The third-order valence-corrected chi connectivity index (χ3v) is 10.8. The van der Waals surface area contributed by atoms with E-state index in [-0.39, 0.29) is 24.1 Å². The molecular formula is C33H39N5O4. The fourth-order valence-electron chi connectivity index (χ4n) is 8.66. The van der Waals surface area contributed by atoms with E-state index in [0.29, 0.717) is 36.6 Å². The average Bonchev–Trinajstić information content (AvgIpc) is 3.33. The van der Waals surface area contributed by atoms with E-state index in [2.05, 4.69) is 50.3 Å². The molecule has 8 rings (SSSR count). The number of hydrogen-bond acceptors (Lipinski definition) is 7. The number of anilines is 2. The van der Waals surface area contributed by atoms with E-state index < -0.39 is 6.04 Å². The van der Waals surface area contributed by atoms with Crippen LogP contribution in [0.25, 0.3) is 0 Å². The van der Waals surface area contributed by atoms with Crippen LogP contribution in [-0.2, 0) is 16.1 Å². The summed E-state index contributed by atoms with van der Waals surface area (Å²) in [6.45, 7) is 7.49. The van der Waals surface area contributed by atoms with Gasteiger partial charge in [0.25, 0.3) is 5.91 Å². The van der Waals surface area contributed by atoms with Gasteiger partial charge < -0.3 is 19.4 Å². The topological polar surface area (TPSA) is 85.4 Å². The van der Waals surface area contributed by atoms with Crippen LogP contribution in [0, 0.1) is 11.3 Å². The normalized spacial score (nSPS) is 27.2. The fourth-order valence-corrected chi connectivity index (χ4v) is 8.66. The van der Waals surface area contributed by atoms with Gasteiger partial charge in [0.2, 0.25) is 11.8 Å². The number of carbonyl (C=O) groups excluding carboxylic acids is 3. The molecule has 0 aromatic heterocycles. The first-order valence-corrected chi connectivity index (χ1v) is 15.7. The van der Waals surface area contributed by atoms with Gasteiger partial charge in [0.1, 0.15) is 18.4 Å². The number of fused-ring (bicyclic) bond motifs is 5. The van der Waals surface area contributed by atoms with Crippen LogP contribution in [0.5, 0.6) is 5.75 Å². The molecule has 2 aromatic rings. The number of hydrogen-bond donors (Lipinski definition) is 1. The predicted molar refractivity (Wildman–Crippen MR) is 159 cm³/mol. The maximum atomic E-state index is 13.2. The van der Waals surface area contributed by atoms with Crippen molar-refractivity contribution < 1.29 is 19.1 Å². The molecule has 1 spiro atoms. The summed E-state index contributed by atoms with van der Waals surface area (Å²) >= 11 is 0. The van der Waals surface area contributed by atoms with E-state index in [9.17, 15) is 14.4 Å². The molecule has 42 heavy (non-hydrogen) atoms. The Kier molecular flexibility index (Phi) is 6.21. The Labute approximate surface area is 246 Å². The molecule has 3 saturated heterocycles. The Hall–Kier alpha value is -3.59. The fraction of sp³-hybridized carbons (Fsp3) is 0.545. The zero-order valence-corrected chi connectivity index (χ0v) is 24.1. The van der Waals surface area contributed by atoms with Crippen LogP contribution in [0.1, 0.15) is 54.4 Å². The summed E-state index contributed by atoms with van der Waals surface area (Å²) < 4.78 is 6.39. The van der Waals surface area contributed by atoms with E-state index >= 15 is 0 Å². The van der Waals surface area contributed by atoms with Crippen molar-refractivity contribution in [1.82, 2.24) is 15.1 Å². The van der Waals surface area contributed by atoms with Crippen molar-refractivity contribution in [1.29, 1.82) is 0 Å². The molecule has 1 aliphatic carbocycles. The maximum Gasteiger partial charge on any atom is 0.255 e. The summed E-state index contributed by atoms with van der Waals surface area (Å²) in [7, 11) is 0. The molecule has 6 aliphatic rings. The Morgan fingerprint density at radius 2 is 1.74 bits per heavy atom. The SMILES string of the molecule is O=C1CC[C@@H](N2Cc3c(ccc4c3OCC3CN(CC5CC6(CCN(c7ccccc7)CC6)C5)CCN43)C2=O)C(=O)N1. The lowest BCUT2D eigenvalue weighted by molar-refractivity contribution is -0.136. The molecule has 0 bridgehead atoms. The van der Waals surface area contributed by atoms with Gasteiger partial charge in [0, 0.05) is 62.5 Å². The first-order valence-electron chi connectivity index (χ1n) is 15.7. The highest BCUT2D eigenvalue weighted by Crippen LogP contribution is 2.53. The zero-order chi connectivity index (χ0) is 28.4. The van der Waals surface area contributed by atoms with E-state index in [1.54, 1.807) is 4.90 Å². The second-order valence-corrected chi connectivity index (χ2v) is 13.4. The number of nitrogens with zero attached hydrogens (tertiary/aromatic N) is 4. The van der Waals surface area contributed by atoms with E-state index in [1.165, 1.54) is 51.0 Å². The van der Waals surface area contributed by atoms with Gasteiger partial charge in [0.15, 0.2) is 0 Å². The Balaban J connectivity index is 0.873. The quantitative estimate of drug-likeness (QED) is 0.567. The molecular weight excluding hydrogens is 530 g/mol. The standard InChI is InChI=1S/C33H39N5O4/c39-29-9-8-28(31(40)34-29)38-20-26-25(32(38)41)6-7-27-30(26)42-21-24-19-35(14-15-37(24)27)18-22-16-33(17-22)10-12-36(13-11-33)23-4-2-1-3-5-23/h1-7,22,24,28H,8-21H2,(H,34,39,40)/t24?,28-/m1/s1. The van der Waals surface area contributed by atoms with Gasteiger partial charge in [-0.25, -0.2) is 0 Å². The molecule has 1 saturated carbocycles. The van der Waals surface area contributed by atoms with Crippen molar-refractivity contribution in [2.45, 2.75) is 57.2 Å². The van der Waals surface area contributed by atoms with Crippen LogP contribution < -0.4 is 19.9 Å². The molecule has 0 radical (unpaired) electrons. The highest BCUT2D eigenvalue weighted by atomic mass is 16.5. The van der Waals surface area contributed by atoms with Crippen LogP contribution >= 0.6 is 0 Å².